The Labute approximate surface area is 128 Å². The van der Waals surface area contributed by atoms with Gasteiger partial charge in [-0.3, -0.25) is 10.1 Å². The fourth-order valence-electron chi connectivity index (χ4n) is 2.68. The van der Waals surface area contributed by atoms with Crippen molar-refractivity contribution in [1.29, 1.82) is 0 Å². The fraction of sp³-hybridized carbons (Fsp3) is 0.467. The Balaban J connectivity index is 1.77. The molecule has 0 aliphatic carbocycles. The van der Waals surface area contributed by atoms with E-state index in [1.54, 1.807) is 0 Å². The van der Waals surface area contributed by atoms with E-state index in [0.29, 0.717) is 16.9 Å². The standard InChI is InChI=1S/C15H20N4OS/c1-10-11(2)21-15(17-10)18-14(20)13-4-3-9-19(13)12-5-7-16-8-6-12/h3-4,9,12,16H,5-8H2,1-2H3,(H,17,18,20). The molecule has 1 fully saturated rings. The molecular weight excluding hydrogens is 284 g/mol. The van der Waals surface area contributed by atoms with Crippen LogP contribution in [-0.4, -0.2) is 28.5 Å². The predicted molar refractivity (Wildman–Crippen MR) is 85.1 cm³/mol. The summed E-state index contributed by atoms with van der Waals surface area (Å²) in [5.74, 6) is -0.0766. The van der Waals surface area contributed by atoms with E-state index >= 15 is 0 Å². The van der Waals surface area contributed by atoms with Crippen LogP contribution in [0.5, 0.6) is 0 Å². The van der Waals surface area contributed by atoms with Crippen molar-refractivity contribution in [1.82, 2.24) is 14.9 Å². The maximum absolute atomic E-state index is 12.5. The minimum atomic E-state index is -0.0766. The molecule has 3 heterocycles. The van der Waals surface area contributed by atoms with Gasteiger partial charge in [-0.15, -0.1) is 11.3 Å². The topological polar surface area (TPSA) is 59.0 Å². The summed E-state index contributed by atoms with van der Waals surface area (Å²) in [6.07, 6.45) is 4.12. The number of carbonyl (C=O) groups is 1. The van der Waals surface area contributed by atoms with Crippen molar-refractivity contribution >= 4 is 22.4 Å². The Morgan fingerprint density at radius 1 is 1.43 bits per heavy atom. The van der Waals surface area contributed by atoms with Crippen LogP contribution in [0.15, 0.2) is 18.3 Å². The minimum Gasteiger partial charge on any atom is -0.340 e. The first-order valence-electron chi connectivity index (χ1n) is 7.28. The Kier molecular flexibility index (Phi) is 4.07. The molecule has 0 bridgehead atoms. The van der Waals surface area contributed by atoms with Gasteiger partial charge in [0.05, 0.1) is 5.69 Å². The summed E-state index contributed by atoms with van der Waals surface area (Å²) >= 11 is 1.52. The first kappa shape index (κ1) is 14.3. The van der Waals surface area contributed by atoms with Gasteiger partial charge in [-0.25, -0.2) is 4.98 Å². The first-order valence-corrected chi connectivity index (χ1v) is 8.10. The van der Waals surface area contributed by atoms with Crippen molar-refractivity contribution in [2.75, 3.05) is 18.4 Å². The maximum atomic E-state index is 12.5. The van der Waals surface area contributed by atoms with Crippen molar-refractivity contribution in [3.63, 3.8) is 0 Å². The van der Waals surface area contributed by atoms with Crippen LogP contribution in [0.1, 0.15) is 39.9 Å². The Hall–Kier alpha value is -1.66. The average molecular weight is 304 g/mol. The number of nitrogens with zero attached hydrogens (tertiary/aromatic N) is 2. The molecule has 2 aromatic rings. The summed E-state index contributed by atoms with van der Waals surface area (Å²) in [7, 11) is 0. The van der Waals surface area contributed by atoms with E-state index in [2.05, 4.69) is 20.2 Å². The number of thiazole rings is 1. The zero-order valence-electron chi connectivity index (χ0n) is 12.3. The van der Waals surface area contributed by atoms with Gasteiger partial charge in [0.15, 0.2) is 5.13 Å². The van der Waals surface area contributed by atoms with Crippen molar-refractivity contribution in [3.8, 4) is 0 Å². The zero-order chi connectivity index (χ0) is 14.8. The molecule has 1 aliphatic heterocycles. The number of nitrogens with one attached hydrogen (secondary N) is 2. The van der Waals surface area contributed by atoms with Gasteiger partial charge in [0.1, 0.15) is 5.69 Å². The molecule has 6 heteroatoms. The quantitative estimate of drug-likeness (QED) is 0.916. The third-order valence-electron chi connectivity index (χ3n) is 3.96. The van der Waals surface area contributed by atoms with Crippen LogP contribution in [0.2, 0.25) is 0 Å². The molecule has 2 aromatic heterocycles. The number of aromatic nitrogens is 2. The van der Waals surface area contributed by atoms with Gasteiger partial charge in [0.25, 0.3) is 5.91 Å². The molecule has 1 saturated heterocycles. The number of piperidine rings is 1. The summed E-state index contributed by atoms with van der Waals surface area (Å²) in [6.45, 7) is 5.99. The van der Waals surface area contributed by atoms with E-state index in [-0.39, 0.29) is 5.91 Å². The van der Waals surface area contributed by atoms with Crippen LogP contribution in [0.4, 0.5) is 5.13 Å². The largest absolute Gasteiger partial charge is 0.340 e. The lowest BCUT2D eigenvalue weighted by Crippen LogP contribution is -2.31. The number of carbonyl (C=O) groups excluding carboxylic acids is 1. The predicted octanol–water partition coefficient (Wildman–Crippen LogP) is 2.74. The van der Waals surface area contributed by atoms with Crippen LogP contribution < -0.4 is 10.6 Å². The van der Waals surface area contributed by atoms with E-state index in [9.17, 15) is 4.79 Å². The van der Waals surface area contributed by atoms with Gasteiger partial charge in [-0.2, -0.15) is 0 Å². The van der Waals surface area contributed by atoms with E-state index in [4.69, 9.17) is 0 Å². The molecule has 5 nitrogen and oxygen atoms in total. The van der Waals surface area contributed by atoms with E-state index in [0.717, 1.165) is 36.5 Å². The van der Waals surface area contributed by atoms with Gasteiger partial charge in [0.2, 0.25) is 0 Å². The molecule has 3 rings (SSSR count). The van der Waals surface area contributed by atoms with Crippen molar-refractivity contribution < 1.29 is 4.79 Å². The minimum absolute atomic E-state index is 0.0766. The lowest BCUT2D eigenvalue weighted by atomic mass is 10.1. The van der Waals surface area contributed by atoms with Crippen molar-refractivity contribution in [2.45, 2.75) is 32.7 Å². The molecule has 0 aromatic carbocycles. The molecule has 1 aliphatic rings. The number of amides is 1. The van der Waals surface area contributed by atoms with Crippen LogP contribution in [-0.2, 0) is 0 Å². The van der Waals surface area contributed by atoms with Crippen LogP contribution >= 0.6 is 11.3 Å². The fourth-order valence-corrected chi connectivity index (χ4v) is 3.49. The maximum Gasteiger partial charge on any atom is 0.274 e. The van der Waals surface area contributed by atoms with E-state index in [1.165, 1.54) is 11.3 Å². The highest BCUT2D eigenvalue weighted by molar-refractivity contribution is 7.15. The number of hydrogen-bond donors (Lipinski definition) is 2. The van der Waals surface area contributed by atoms with Crippen LogP contribution in [0.3, 0.4) is 0 Å². The summed E-state index contributed by atoms with van der Waals surface area (Å²) < 4.78 is 2.10. The van der Waals surface area contributed by atoms with E-state index < -0.39 is 0 Å². The third kappa shape index (κ3) is 3.01. The second kappa shape index (κ2) is 5.99. The van der Waals surface area contributed by atoms with Gasteiger partial charge in [0, 0.05) is 17.1 Å². The number of anilines is 1. The molecule has 0 unspecified atom stereocenters. The molecular formula is C15H20N4OS. The second-order valence-corrected chi connectivity index (χ2v) is 6.60. The molecule has 112 valence electrons. The van der Waals surface area contributed by atoms with Crippen molar-refractivity contribution in [2.24, 2.45) is 0 Å². The molecule has 1 amide bonds. The third-order valence-corrected chi connectivity index (χ3v) is 4.95. The van der Waals surface area contributed by atoms with Crippen LogP contribution in [0, 0.1) is 13.8 Å². The Morgan fingerprint density at radius 2 is 2.19 bits per heavy atom. The molecule has 0 saturated carbocycles. The van der Waals surface area contributed by atoms with E-state index in [1.807, 2.05) is 32.2 Å². The molecule has 0 atom stereocenters. The lowest BCUT2D eigenvalue weighted by molar-refractivity contribution is 0.101. The molecule has 2 N–H and O–H groups in total. The summed E-state index contributed by atoms with van der Waals surface area (Å²) in [4.78, 5) is 18.0. The molecule has 21 heavy (non-hydrogen) atoms. The SMILES string of the molecule is Cc1nc(NC(=O)c2cccn2C2CCNCC2)sc1C. The number of aryl methyl sites for hydroxylation is 2. The lowest BCUT2D eigenvalue weighted by Gasteiger charge is -2.25. The summed E-state index contributed by atoms with van der Waals surface area (Å²) in [6, 6.07) is 4.22. The zero-order valence-corrected chi connectivity index (χ0v) is 13.2. The average Bonchev–Trinajstić information content (AvgIpc) is 3.07. The first-order chi connectivity index (χ1) is 10.1. The Morgan fingerprint density at radius 3 is 2.86 bits per heavy atom. The van der Waals surface area contributed by atoms with Gasteiger partial charge < -0.3 is 9.88 Å². The monoisotopic (exact) mass is 304 g/mol. The van der Waals surface area contributed by atoms with Gasteiger partial charge >= 0.3 is 0 Å². The highest BCUT2D eigenvalue weighted by Crippen LogP contribution is 2.24. The smallest absolute Gasteiger partial charge is 0.274 e. The molecule has 0 radical (unpaired) electrons. The number of rotatable bonds is 3. The Bertz CT molecular complexity index is 620. The second-order valence-electron chi connectivity index (χ2n) is 5.40. The van der Waals surface area contributed by atoms with Gasteiger partial charge in [-0.1, -0.05) is 0 Å². The highest BCUT2D eigenvalue weighted by atomic mass is 32.1. The highest BCUT2D eigenvalue weighted by Gasteiger charge is 2.20. The molecule has 0 spiro atoms. The van der Waals surface area contributed by atoms with Crippen molar-refractivity contribution in [3.05, 3.63) is 34.6 Å². The number of hydrogen-bond acceptors (Lipinski definition) is 4. The summed E-state index contributed by atoms with van der Waals surface area (Å²) in [5.41, 5.74) is 1.69. The van der Waals surface area contributed by atoms with Gasteiger partial charge in [-0.05, 0) is 51.9 Å². The normalized spacial score (nSPS) is 16.1. The summed E-state index contributed by atoms with van der Waals surface area (Å²) in [5, 5.41) is 6.94. The van der Waals surface area contributed by atoms with Crippen LogP contribution in [0.25, 0.3) is 0 Å².